The van der Waals surface area contributed by atoms with Crippen LogP contribution in [0, 0.1) is 5.82 Å². The second-order valence-corrected chi connectivity index (χ2v) is 5.93. The summed E-state index contributed by atoms with van der Waals surface area (Å²) in [7, 11) is 0. The van der Waals surface area contributed by atoms with Crippen LogP contribution in [0.15, 0.2) is 46.3 Å². The van der Waals surface area contributed by atoms with Gasteiger partial charge in [-0.15, -0.1) is 11.3 Å². The Morgan fingerprint density at radius 3 is 2.68 bits per heavy atom. The lowest BCUT2D eigenvalue weighted by molar-refractivity contribution is 0.230. The van der Waals surface area contributed by atoms with E-state index in [1.807, 2.05) is 6.07 Å². The van der Waals surface area contributed by atoms with Crippen molar-refractivity contribution in [1.29, 1.82) is 0 Å². The maximum atomic E-state index is 12.9. The lowest BCUT2D eigenvalue weighted by Crippen LogP contribution is -2.21. The Morgan fingerprint density at radius 2 is 2.00 bits per heavy atom. The van der Waals surface area contributed by atoms with E-state index in [0.717, 1.165) is 18.7 Å². The summed E-state index contributed by atoms with van der Waals surface area (Å²) < 4.78 is 18.2. The molecule has 114 valence electrons. The Bertz CT molecular complexity index is 709. The van der Waals surface area contributed by atoms with Crippen molar-refractivity contribution < 1.29 is 8.91 Å². The number of aromatic nitrogens is 2. The average molecular weight is 317 g/mol. The maximum absolute atomic E-state index is 12.9. The number of benzene rings is 1. The van der Waals surface area contributed by atoms with Crippen LogP contribution in [0.5, 0.6) is 0 Å². The van der Waals surface area contributed by atoms with Crippen LogP contribution in [-0.4, -0.2) is 21.6 Å². The highest BCUT2D eigenvalue weighted by molar-refractivity contribution is 7.09. The molecule has 22 heavy (non-hydrogen) atoms. The fourth-order valence-corrected chi connectivity index (χ4v) is 2.88. The molecule has 0 spiro atoms. The molecule has 3 aromatic rings. The van der Waals surface area contributed by atoms with E-state index < -0.39 is 0 Å². The number of hydrogen-bond donors (Lipinski definition) is 0. The van der Waals surface area contributed by atoms with Crippen molar-refractivity contribution in [2.75, 3.05) is 6.54 Å². The van der Waals surface area contributed by atoms with Gasteiger partial charge in [-0.2, -0.15) is 4.98 Å². The van der Waals surface area contributed by atoms with Crippen LogP contribution >= 0.6 is 11.3 Å². The summed E-state index contributed by atoms with van der Waals surface area (Å²) in [6, 6.07) is 10.2. The molecule has 0 saturated heterocycles. The molecule has 0 aliphatic rings. The molecule has 0 aliphatic carbocycles. The highest BCUT2D eigenvalue weighted by Crippen LogP contribution is 2.18. The first-order valence-corrected chi connectivity index (χ1v) is 7.96. The minimum atomic E-state index is -0.277. The van der Waals surface area contributed by atoms with E-state index in [1.165, 1.54) is 17.0 Å². The lowest BCUT2D eigenvalue weighted by atomic mass is 10.2. The summed E-state index contributed by atoms with van der Waals surface area (Å²) in [5.41, 5.74) is 0.748. The molecule has 0 N–H and O–H groups in total. The van der Waals surface area contributed by atoms with Gasteiger partial charge in [0.25, 0.3) is 0 Å². The molecule has 2 heterocycles. The van der Waals surface area contributed by atoms with E-state index in [-0.39, 0.29) is 5.82 Å². The summed E-state index contributed by atoms with van der Waals surface area (Å²) in [6.07, 6.45) is 0. The summed E-state index contributed by atoms with van der Waals surface area (Å²) in [5.74, 6) is 0.778. The Balaban J connectivity index is 1.69. The van der Waals surface area contributed by atoms with Crippen LogP contribution in [0.2, 0.25) is 0 Å². The van der Waals surface area contributed by atoms with Gasteiger partial charge in [-0.25, -0.2) is 4.39 Å². The second kappa shape index (κ2) is 6.81. The van der Waals surface area contributed by atoms with Gasteiger partial charge in [0.05, 0.1) is 6.54 Å². The van der Waals surface area contributed by atoms with Crippen molar-refractivity contribution in [2.24, 2.45) is 0 Å². The predicted molar refractivity (Wildman–Crippen MR) is 83.8 cm³/mol. The zero-order valence-electron chi connectivity index (χ0n) is 12.2. The first-order valence-electron chi connectivity index (χ1n) is 7.08. The molecule has 0 atom stereocenters. The molecular formula is C16H16FN3OS. The Kier molecular flexibility index (Phi) is 4.60. The third-order valence-corrected chi connectivity index (χ3v) is 4.20. The van der Waals surface area contributed by atoms with Crippen molar-refractivity contribution in [3.05, 3.63) is 58.4 Å². The Morgan fingerprint density at radius 1 is 1.18 bits per heavy atom. The van der Waals surface area contributed by atoms with Crippen molar-refractivity contribution >= 4 is 11.3 Å². The van der Waals surface area contributed by atoms with E-state index in [1.54, 1.807) is 23.5 Å². The number of thiophene rings is 1. The van der Waals surface area contributed by atoms with Crippen molar-refractivity contribution in [3.63, 3.8) is 0 Å². The summed E-state index contributed by atoms with van der Waals surface area (Å²) >= 11 is 1.74. The molecule has 0 amide bonds. The molecular weight excluding hydrogens is 301 g/mol. The molecule has 4 nitrogen and oxygen atoms in total. The van der Waals surface area contributed by atoms with Gasteiger partial charge in [0.15, 0.2) is 0 Å². The third kappa shape index (κ3) is 3.58. The standard InChI is InChI=1S/C16H16FN3OS/c1-2-20(10-14-4-3-9-22-14)11-15-18-16(19-21-15)12-5-7-13(17)8-6-12/h3-9H,2,10-11H2,1H3. The molecule has 0 radical (unpaired) electrons. The van der Waals surface area contributed by atoms with Gasteiger partial charge in [0.1, 0.15) is 5.82 Å². The summed E-state index contributed by atoms with van der Waals surface area (Å²) in [6.45, 7) is 4.46. The first-order chi connectivity index (χ1) is 10.7. The van der Waals surface area contributed by atoms with Crippen molar-refractivity contribution in [1.82, 2.24) is 15.0 Å². The van der Waals surface area contributed by atoms with Crippen molar-refractivity contribution in [3.8, 4) is 11.4 Å². The van der Waals surface area contributed by atoms with Crippen molar-refractivity contribution in [2.45, 2.75) is 20.0 Å². The van der Waals surface area contributed by atoms with Crippen LogP contribution in [0.25, 0.3) is 11.4 Å². The van der Waals surface area contributed by atoms with Gasteiger partial charge >= 0.3 is 0 Å². The smallest absolute Gasteiger partial charge is 0.241 e. The fraction of sp³-hybridized carbons (Fsp3) is 0.250. The predicted octanol–water partition coefficient (Wildman–Crippen LogP) is 3.96. The number of hydrogen-bond acceptors (Lipinski definition) is 5. The second-order valence-electron chi connectivity index (χ2n) is 4.90. The summed E-state index contributed by atoms with van der Waals surface area (Å²) in [4.78, 5) is 7.92. The molecule has 0 unspecified atom stereocenters. The highest BCUT2D eigenvalue weighted by atomic mass is 32.1. The van der Waals surface area contributed by atoms with Crippen LogP contribution in [0.3, 0.4) is 0 Å². The molecule has 1 aromatic carbocycles. The third-order valence-electron chi connectivity index (χ3n) is 3.34. The number of rotatable bonds is 6. The fourth-order valence-electron chi connectivity index (χ4n) is 2.13. The van der Waals surface area contributed by atoms with Gasteiger partial charge in [0.2, 0.25) is 11.7 Å². The van der Waals surface area contributed by atoms with E-state index in [0.29, 0.717) is 18.3 Å². The molecule has 6 heteroatoms. The lowest BCUT2D eigenvalue weighted by Gasteiger charge is -2.16. The van der Waals surface area contributed by atoms with Gasteiger partial charge in [0, 0.05) is 17.0 Å². The van der Waals surface area contributed by atoms with E-state index in [9.17, 15) is 4.39 Å². The maximum Gasteiger partial charge on any atom is 0.241 e. The van der Waals surface area contributed by atoms with Crippen LogP contribution in [0.4, 0.5) is 4.39 Å². The van der Waals surface area contributed by atoms with E-state index >= 15 is 0 Å². The molecule has 0 bridgehead atoms. The molecule has 2 aromatic heterocycles. The van der Waals surface area contributed by atoms with Crippen LogP contribution < -0.4 is 0 Å². The highest BCUT2D eigenvalue weighted by Gasteiger charge is 2.13. The minimum Gasteiger partial charge on any atom is -0.338 e. The number of halogens is 1. The zero-order valence-corrected chi connectivity index (χ0v) is 13.0. The average Bonchev–Trinajstić information content (AvgIpc) is 3.19. The van der Waals surface area contributed by atoms with Crippen LogP contribution in [-0.2, 0) is 13.1 Å². The van der Waals surface area contributed by atoms with Gasteiger partial charge in [-0.1, -0.05) is 18.1 Å². The normalized spacial score (nSPS) is 11.2. The quantitative estimate of drug-likeness (QED) is 0.690. The molecule has 0 aliphatic heterocycles. The molecule has 3 rings (SSSR count). The largest absolute Gasteiger partial charge is 0.338 e. The van der Waals surface area contributed by atoms with E-state index in [2.05, 4.69) is 33.4 Å². The minimum absolute atomic E-state index is 0.277. The van der Waals surface area contributed by atoms with Crippen LogP contribution in [0.1, 0.15) is 17.7 Å². The number of nitrogens with zero attached hydrogens (tertiary/aromatic N) is 3. The Labute approximate surface area is 132 Å². The monoisotopic (exact) mass is 317 g/mol. The zero-order chi connectivity index (χ0) is 15.4. The SMILES string of the molecule is CCN(Cc1nc(-c2ccc(F)cc2)no1)Cc1cccs1. The summed E-state index contributed by atoms with van der Waals surface area (Å²) in [5, 5.41) is 6.04. The molecule has 0 fully saturated rings. The first kappa shape index (κ1) is 14.9. The topological polar surface area (TPSA) is 42.2 Å². The molecule has 0 saturated carbocycles. The van der Waals surface area contributed by atoms with E-state index in [4.69, 9.17) is 4.52 Å². The van der Waals surface area contributed by atoms with Gasteiger partial charge in [-0.3, -0.25) is 4.90 Å². The Hall–Kier alpha value is -2.05. The van der Waals surface area contributed by atoms with Gasteiger partial charge in [-0.05, 0) is 42.3 Å². The van der Waals surface area contributed by atoms with Gasteiger partial charge < -0.3 is 4.52 Å².